The van der Waals surface area contributed by atoms with Gasteiger partial charge in [0.2, 0.25) is 5.92 Å². The number of hydrogen-bond donors (Lipinski definition) is 2. The number of nitrogens with one attached hydrogen (secondary N) is 1. The Morgan fingerprint density at radius 1 is 1.30 bits per heavy atom. The van der Waals surface area contributed by atoms with Crippen LogP contribution in [-0.2, 0) is 9.47 Å². The van der Waals surface area contributed by atoms with Gasteiger partial charge in [-0.25, -0.2) is 18.4 Å². The Morgan fingerprint density at radius 2 is 2.09 bits per heavy atom. The number of rotatable bonds is 3. The number of alkyl halides is 2. The first-order valence-electron chi connectivity index (χ1n) is 7.97. The Morgan fingerprint density at radius 3 is 2.78 bits per heavy atom. The maximum Gasteiger partial charge on any atom is 0.248 e. The summed E-state index contributed by atoms with van der Waals surface area (Å²) in [6.45, 7) is 0.369. The Bertz CT molecular complexity index is 534. The lowest BCUT2D eigenvalue weighted by Gasteiger charge is -2.41. The number of fused-ring (bicyclic) bond motifs is 2. The number of hydrogen-bond acceptors (Lipinski definition) is 6. The van der Waals surface area contributed by atoms with Crippen molar-refractivity contribution in [2.75, 3.05) is 6.61 Å². The van der Waals surface area contributed by atoms with Crippen molar-refractivity contribution in [2.24, 2.45) is 0 Å². The van der Waals surface area contributed by atoms with E-state index in [2.05, 4.69) is 15.4 Å². The second-order valence-electron chi connectivity index (χ2n) is 6.56. The molecule has 1 aromatic heterocycles. The van der Waals surface area contributed by atoms with E-state index in [4.69, 9.17) is 9.47 Å². The predicted octanol–water partition coefficient (Wildman–Crippen LogP) is 0.471. The number of ether oxygens (including phenoxy) is 2. The molecule has 1 aliphatic carbocycles. The maximum atomic E-state index is 13.3. The number of halogens is 2. The van der Waals surface area contributed by atoms with Gasteiger partial charge in [-0.15, -0.1) is 0 Å². The first-order valence-corrected chi connectivity index (χ1v) is 7.97. The summed E-state index contributed by atoms with van der Waals surface area (Å²) in [5.74, 6) is -2.56. The van der Waals surface area contributed by atoms with Crippen molar-refractivity contribution < 1.29 is 23.4 Å². The van der Waals surface area contributed by atoms with E-state index in [0.29, 0.717) is 19.4 Å². The summed E-state index contributed by atoms with van der Waals surface area (Å²) in [5, 5.41) is 18.1. The average molecular weight is 330 g/mol. The molecule has 23 heavy (non-hydrogen) atoms. The van der Waals surface area contributed by atoms with Crippen molar-refractivity contribution in [3.63, 3.8) is 0 Å². The van der Waals surface area contributed by atoms with Crippen LogP contribution in [0.25, 0.3) is 0 Å². The van der Waals surface area contributed by atoms with E-state index in [1.807, 2.05) is 0 Å². The first-order chi connectivity index (χ1) is 11.0. The van der Waals surface area contributed by atoms with Crippen LogP contribution in [0.4, 0.5) is 8.78 Å². The smallest absolute Gasteiger partial charge is 0.248 e. The summed E-state index contributed by atoms with van der Waals surface area (Å²) in [7, 11) is 0. The molecule has 5 atom stereocenters. The Hall–Kier alpha value is -1.16. The molecule has 2 aliphatic heterocycles. The van der Waals surface area contributed by atoms with Crippen LogP contribution in [0.15, 0.2) is 12.7 Å². The van der Waals surface area contributed by atoms with Crippen molar-refractivity contribution in [1.82, 2.24) is 20.1 Å². The van der Waals surface area contributed by atoms with Crippen molar-refractivity contribution in [1.29, 1.82) is 0 Å². The van der Waals surface area contributed by atoms with Crippen LogP contribution >= 0.6 is 0 Å². The molecule has 2 N–H and O–H groups in total. The molecular formula is C14H20F2N4O3. The minimum absolute atomic E-state index is 0.0496. The largest absolute Gasteiger partial charge is 0.389 e. The number of nitrogens with zero attached hydrogens (tertiary/aromatic N) is 3. The van der Waals surface area contributed by atoms with E-state index in [9.17, 15) is 13.9 Å². The van der Waals surface area contributed by atoms with Gasteiger partial charge in [0.05, 0.1) is 18.8 Å². The van der Waals surface area contributed by atoms with E-state index in [1.54, 1.807) is 0 Å². The van der Waals surface area contributed by atoms with E-state index < -0.39 is 24.4 Å². The molecule has 0 amide bonds. The molecule has 2 bridgehead atoms. The first kappa shape index (κ1) is 15.4. The summed E-state index contributed by atoms with van der Waals surface area (Å²) >= 11 is 0. The third-order valence-electron chi connectivity index (χ3n) is 5.02. The van der Waals surface area contributed by atoms with E-state index >= 15 is 0 Å². The van der Waals surface area contributed by atoms with Gasteiger partial charge in [-0.2, -0.15) is 5.10 Å². The molecule has 4 rings (SSSR count). The van der Waals surface area contributed by atoms with Gasteiger partial charge in [0.1, 0.15) is 24.8 Å². The standard InChI is InChI=1S/C14H20F2N4O3/c15-14(16)3-1-8(2-4-14)19-10-9-5-22-13(23-9)11(12(10)21)20-7-17-6-18-20/h6-13,19,21H,1-5H2/t9-,10-,11-,12+,13-/m1/s1. The van der Waals surface area contributed by atoms with Crippen molar-refractivity contribution >= 4 is 0 Å². The average Bonchev–Trinajstić information content (AvgIpc) is 3.17. The lowest BCUT2D eigenvalue weighted by Crippen LogP contribution is -2.60. The molecular weight excluding hydrogens is 310 g/mol. The molecule has 0 spiro atoms. The summed E-state index contributed by atoms with van der Waals surface area (Å²) in [6, 6.07) is -0.926. The van der Waals surface area contributed by atoms with Crippen molar-refractivity contribution in [3.8, 4) is 0 Å². The fourth-order valence-electron chi connectivity index (χ4n) is 3.74. The molecule has 3 aliphatic rings. The minimum atomic E-state index is -2.56. The molecule has 0 unspecified atom stereocenters. The Kier molecular flexibility index (Phi) is 3.83. The Labute approximate surface area is 132 Å². The molecule has 128 valence electrons. The highest BCUT2D eigenvalue weighted by atomic mass is 19.3. The summed E-state index contributed by atoms with van der Waals surface area (Å²) in [5.41, 5.74) is 0. The molecule has 9 heteroatoms. The third-order valence-corrected chi connectivity index (χ3v) is 5.02. The molecule has 1 saturated carbocycles. The van der Waals surface area contributed by atoms with Gasteiger partial charge in [-0.3, -0.25) is 0 Å². The monoisotopic (exact) mass is 330 g/mol. The lowest BCUT2D eigenvalue weighted by molar-refractivity contribution is -0.170. The Balaban J connectivity index is 1.47. The van der Waals surface area contributed by atoms with Crippen LogP contribution < -0.4 is 5.32 Å². The van der Waals surface area contributed by atoms with E-state index in [-0.39, 0.29) is 31.0 Å². The SMILES string of the molecule is O[C@H]1[C@H](NC2CCC(F)(F)CC2)[C@H]2CO[C@H](O2)[C@@H]1n1cncn1. The predicted molar refractivity (Wildman–Crippen MR) is 73.8 cm³/mol. The van der Waals surface area contributed by atoms with Crippen LogP contribution in [0.5, 0.6) is 0 Å². The second kappa shape index (κ2) is 5.73. The van der Waals surface area contributed by atoms with Crippen LogP contribution in [0.3, 0.4) is 0 Å². The van der Waals surface area contributed by atoms with Gasteiger partial charge in [0, 0.05) is 18.9 Å². The van der Waals surface area contributed by atoms with Crippen LogP contribution in [0.2, 0.25) is 0 Å². The number of aromatic nitrogens is 3. The number of aliphatic hydroxyl groups excluding tert-OH is 1. The molecule has 0 radical (unpaired) electrons. The summed E-state index contributed by atoms with van der Waals surface area (Å²) < 4.78 is 39.5. The number of aliphatic hydroxyl groups is 1. The molecule has 3 heterocycles. The summed E-state index contributed by atoms with van der Waals surface area (Å²) in [4.78, 5) is 3.90. The van der Waals surface area contributed by atoms with Gasteiger partial charge in [0.25, 0.3) is 0 Å². The van der Waals surface area contributed by atoms with Crippen molar-refractivity contribution in [3.05, 3.63) is 12.7 Å². The van der Waals surface area contributed by atoms with Gasteiger partial charge in [-0.1, -0.05) is 0 Å². The quantitative estimate of drug-likeness (QED) is 0.839. The minimum Gasteiger partial charge on any atom is -0.389 e. The van der Waals surface area contributed by atoms with Crippen LogP contribution in [0, 0.1) is 0 Å². The highest BCUT2D eigenvalue weighted by molar-refractivity contribution is 5.01. The normalized spacial score (nSPS) is 40.4. The van der Waals surface area contributed by atoms with E-state index in [0.717, 1.165) is 0 Å². The second-order valence-corrected chi connectivity index (χ2v) is 6.56. The zero-order valence-electron chi connectivity index (χ0n) is 12.5. The van der Waals surface area contributed by atoms with Gasteiger partial charge in [-0.05, 0) is 12.8 Å². The highest BCUT2D eigenvalue weighted by Gasteiger charge is 2.52. The van der Waals surface area contributed by atoms with Crippen LogP contribution in [0.1, 0.15) is 31.7 Å². The van der Waals surface area contributed by atoms with Gasteiger partial charge < -0.3 is 19.9 Å². The zero-order valence-corrected chi connectivity index (χ0v) is 12.5. The van der Waals surface area contributed by atoms with E-state index in [1.165, 1.54) is 17.3 Å². The molecule has 1 aromatic rings. The highest BCUT2D eigenvalue weighted by Crippen LogP contribution is 2.37. The zero-order chi connectivity index (χ0) is 16.0. The summed E-state index contributed by atoms with van der Waals surface area (Å²) in [6.07, 6.45) is 1.81. The topological polar surface area (TPSA) is 81.4 Å². The third kappa shape index (κ3) is 2.86. The van der Waals surface area contributed by atoms with Gasteiger partial charge in [0.15, 0.2) is 6.29 Å². The molecule has 0 aromatic carbocycles. The van der Waals surface area contributed by atoms with Crippen molar-refractivity contribution in [2.45, 2.75) is 68.2 Å². The lowest BCUT2D eigenvalue weighted by atomic mass is 9.89. The molecule has 3 fully saturated rings. The molecule has 7 nitrogen and oxygen atoms in total. The fourth-order valence-corrected chi connectivity index (χ4v) is 3.74. The van der Waals surface area contributed by atoms with Gasteiger partial charge >= 0.3 is 0 Å². The molecule has 2 saturated heterocycles. The fraction of sp³-hybridized carbons (Fsp3) is 0.857. The van der Waals surface area contributed by atoms with Crippen LogP contribution in [-0.4, -0.2) is 63.0 Å². The maximum absolute atomic E-state index is 13.3.